The van der Waals surface area contributed by atoms with Gasteiger partial charge < -0.3 is 30.3 Å². The molecular formula is C8H10O10. The normalized spacial score (nSPS) is 15.4. The summed E-state index contributed by atoms with van der Waals surface area (Å²) in [4.78, 5) is 41.8. The Morgan fingerprint density at radius 1 is 1.00 bits per heavy atom. The first-order valence-corrected chi connectivity index (χ1v) is 4.38. The minimum atomic E-state index is -3.32. The predicted molar refractivity (Wildman–Crippen MR) is 49.6 cm³/mol. The number of carbonyl (C=O) groups is 4. The lowest BCUT2D eigenvalue weighted by Gasteiger charge is -2.25. The summed E-state index contributed by atoms with van der Waals surface area (Å²) in [5.41, 5.74) is 0. The number of carboxylic acids is 4. The molecule has 0 rings (SSSR count). The number of ether oxygens (including phenoxy) is 1. The van der Waals surface area contributed by atoms with Gasteiger partial charge in [-0.3, -0.25) is 9.59 Å². The van der Waals surface area contributed by atoms with E-state index in [1.54, 1.807) is 0 Å². The summed E-state index contributed by atoms with van der Waals surface area (Å²) in [6.07, 6.45) is -4.76. The van der Waals surface area contributed by atoms with Gasteiger partial charge in [0.25, 0.3) is 5.79 Å². The number of hydrogen-bond donors (Lipinski definition) is 5. The van der Waals surface area contributed by atoms with Crippen LogP contribution in [0.4, 0.5) is 0 Å². The third kappa shape index (κ3) is 4.76. The molecule has 2 atom stereocenters. The highest BCUT2D eigenvalue weighted by atomic mass is 16.7. The second kappa shape index (κ2) is 5.93. The number of aliphatic carboxylic acids is 4. The van der Waals surface area contributed by atoms with Crippen LogP contribution < -0.4 is 0 Å². The third-order valence-electron chi connectivity index (χ3n) is 1.70. The average molecular weight is 266 g/mol. The van der Waals surface area contributed by atoms with Gasteiger partial charge in [0.15, 0.2) is 6.10 Å². The Morgan fingerprint density at radius 2 is 1.50 bits per heavy atom. The van der Waals surface area contributed by atoms with Crippen LogP contribution in [0.2, 0.25) is 0 Å². The van der Waals surface area contributed by atoms with E-state index >= 15 is 0 Å². The van der Waals surface area contributed by atoms with Gasteiger partial charge in [-0.15, -0.1) is 0 Å². The van der Waals surface area contributed by atoms with Gasteiger partial charge in [-0.1, -0.05) is 0 Å². The fourth-order valence-electron chi connectivity index (χ4n) is 0.946. The Kier molecular flexibility index (Phi) is 5.21. The standard InChI is InChI=1S/C8H10O10/c9-4(10)1-3(6(13)14)18-8(17,7(15)16)2-5(11)12/h3,17H,1-2H2,(H,9,10)(H,11,12)(H,13,14)(H,15,16). The Labute approximate surface area is 99.0 Å². The molecule has 0 aromatic rings. The second-order valence-electron chi connectivity index (χ2n) is 3.20. The number of aliphatic hydroxyl groups is 1. The van der Waals surface area contributed by atoms with Crippen LogP contribution in [0.15, 0.2) is 0 Å². The highest BCUT2D eigenvalue weighted by Gasteiger charge is 2.44. The molecule has 10 nitrogen and oxygen atoms in total. The molecule has 0 aromatic heterocycles. The molecule has 0 spiro atoms. The summed E-state index contributed by atoms with van der Waals surface area (Å²) in [6.45, 7) is 0. The van der Waals surface area contributed by atoms with Crippen LogP contribution in [-0.4, -0.2) is 61.3 Å². The van der Waals surface area contributed by atoms with Gasteiger partial charge in [0.2, 0.25) is 0 Å². The van der Waals surface area contributed by atoms with Crippen LogP contribution in [0.5, 0.6) is 0 Å². The van der Waals surface area contributed by atoms with Gasteiger partial charge in [-0.05, 0) is 0 Å². The molecule has 0 aliphatic carbocycles. The molecule has 102 valence electrons. The largest absolute Gasteiger partial charge is 0.481 e. The van der Waals surface area contributed by atoms with Crippen molar-refractivity contribution in [3.05, 3.63) is 0 Å². The van der Waals surface area contributed by atoms with Crippen LogP contribution >= 0.6 is 0 Å². The Hall–Kier alpha value is -2.20. The van der Waals surface area contributed by atoms with Crippen LogP contribution in [0.3, 0.4) is 0 Å². The van der Waals surface area contributed by atoms with Crippen molar-refractivity contribution in [1.82, 2.24) is 0 Å². The average Bonchev–Trinajstić information content (AvgIpc) is 2.13. The zero-order chi connectivity index (χ0) is 14.5. The zero-order valence-corrected chi connectivity index (χ0v) is 8.77. The number of carboxylic acid groups (broad SMARTS) is 4. The first-order chi connectivity index (χ1) is 8.08. The first-order valence-electron chi connectivity index (χ1n) is 4.38. The maximum Gasteiger partial charge on any atom is 0.364 e. The van der Waals surface area contributed by atoms with Crippen LogP contribution in [0.1, 0.15) is 12.8 Å². The van der Waals surface area contributed by atoms with E-state index in [1.807, 2.05) is 0 Å². The van der Waals surface area contributed by atoms with Gasteiger partial charge in [0, 0.05) is 0 Å². The summed E-state index contributed by atoms with van der Waals surface area (Å²) >= 11 is 0. The van der Waals surface area contributed by atoms with Crippen molar-refractivity contribution in [2.75, 3.05) is 0 Å². The smallest absolute Gasteiger partial charge is 0.364 e. The fraction of sp³-hybridized carbons (Fsp3) is 0.500. The summed E-state index contributed by atoms with van der Waals surface area (Å²) in [6, 6.07) is 0. The van der Waals surface area contributed by atoms with Gasteiger partial charge in [0.05, 0.1) is 6.42 Å². The van der Waals surface area contributed by atoms with E-state index in [-0.39, 0.29) is 0 Å². The van der Waals surface area contributed by atoms with Crippen molar-refractivity contribution in [3.63, 3.8) is 0 Å². The van der Waals surface area contributed by atoms with E-state index in [9.17, 15) is 24.3 Å². The SMILES string of the molecule is O=C(O)CC(OC(O)(CC(=O)O)C(=O)O)C(=O)O. The summed E-state index contributed by atoms with van der Waals surface area (Å²) in [5.74, 6) is -10.7. The quantitative estimate of drug-likeness (QED) is 0.314. The monoisotopic (exact) mass is 266 g/mol. The van der Waals surface area contributed by atoms with E-state index in [0.717, 1.165) is 0 Å². The van der Waals surface area contributed by atoms with Gasteiger partial charge in [-0.25, -0.2) is 9.59 Å². The van der Waals surface area contributed by atoms with E-state index in [2.05, 4.69) is 4.74 Å². The van der Waals surface area contributed by atoms with Crippen molar-refractivity contribution in [3.8, 4) is 0 Å². The highest BCUT2D eigenvalue weighted by molar-refractivity contribution is 5.84. The minimum Gasteiger partial charge on any atom is -0.481 e. The molecule has 0 amide bonds. The third-order valence-corrected chi connectivity index (χ3v) is 1.70. The molecular weight excluding hydrogens is 256 g/mol. The molecule has 0 fully saturated rings. The van der Waals surface area contributed by atoms with Gasteiger partial charge in [0.1, 0.15) is 6.42 Å². The molecule has 0 aliphatic rings. The fourth-order valence-corrected chi connectivity index (χ4v) is 0.946. The lowest BCUT2D eigenvalue weighted by Crippen LogP contribution is -2.48. The molecule has 18 heavy (non-hydrogen) atoms. The molecule has 0 heterocycles. The van der Waals surface area contributed by atoms with Crippen molar-refractivity contribution in [2.24, 2.45) is 0 Å². The van der Waals surface area contributed by atoms with Crippen molar-refractivity contribution < 1.29 is 49.4 Å². The molecule has 0 saturated heterocycles. The Morgan fingerprint density at radius 3 is 1.78 bits per heavy atom. The summed E-state index contributed by atoms with van der Waals surface area (Å²) in [7, 11) is 0. The van der Waals surface area contributed by atoms with E-state index in [1.165, 1.54) is 0 Å². The highest BCUT2D eigenvalue weighted by Crippen LogP contribution is 2.17. The Balaban J connectivity index is 5.03. The van der Waals surface area contributed by atoms with Crippen LogP contribution in [0, 0.1) is 0 Å². The van der Waals surface area contributed by atoms with Crippen LogP contribution in [0.25, 0.3) is 0 Å². The molecule has 2 unspecified atom stereocenters. The van der Waals surface area contributed by atoms with Crippen molar-refractivity contribution in [1.29, 1.82) is 0 Å². The molecule has 0 aliphatic heterocycles. The first kappa shape index (κ1) is 15.8. The minimum absolute atomic E-state index is 1.13. The molecule has 0 bridgehead atoms. The predicted octanol–water partition coefficient (Wildman–Crippen LogP) is -1.82. The van der Waals surface area contributed by atoms with Gasteiger partial charge >= 0.3 is 23.9 Å². The van der Waals surface area contributed by atoms with Crippen molar-refractivity contribution >= 4 is 23.9 Å². The molecule has 0 saturated carbocycles. The summed E-state index contributed by atoms with van der Waals surface area (Å²) in [5, 5.41) is 43.2. The molecule has 0 aromatic carbocycles. The maximum absolute atomic E-state index is 10.6. The second-order valence-corrected chi connectivity index (χ2v) is 3.20. The zero-order valence-electron chi connectivity index (χ0n) is 8.77. The Bertz CT molecular complexity index is 374. The topological polar surface area (TPSA) is 179 Å². The number of hydrogen-bond acceptors (Lipinski definition) is 6. The van der Waals surface area contributed by atoms with E-state index in [0.29, 0.717) is 0 Å². The molecule has 10 heteroatoms. The lowest BCUT2D eigenvalue weighted by molar-refractivity contribution is -0.245. The lowest BCUT2D eigenvalue weighted by atomic mass is 10.1. The molecule has 0 radical (unpaired) electrons. The summed E-state index contributed by atoms with van der Waals surface area (Å²) < 4.78 is 4.18. The number of rotatable bonds is 8. The molecule has 5 N–H and O–H groups in total. The van der Waals surface area contributed by atoms with E-state index in [4.69, 9.17) is 20.4 Å². The van der Waals surface area contributed by atoms with Crippen LogP contribution in [-0.2, 0) is 23.9 Å². The van der Waals surface area contributed by atoms with E-state index < -0.39 is 48.6 Å². The van der Waals surface area contributed by atoms with Gasteiger partial charge in [-0.2, -0.15) is 0 Å². The van der Waals surface area contributed by atoms with Crippen molar-refractivity contribution in [2.45, 2.75) is 24.7 Å². The maximum atomic E-state index is 10.6.